The Morgan fingerprint density at radius 3 is 2.71 bits per heavy atom. The van der Waals surface area contributed by atoms with Gasteiger partial charge in [-0.05, 0) is 11.6 Å². The molecule has 0 aromatic rings. The van der Waals surface area contributed by atoms with E-state index in [4.69, 9.17) is 5.21 Å². The Hall–Kier alpha value is -0.160. The average Bonchev–Trinajstić information content (AvgIpc) is 1.69. The summed E-state index contributed by atoms with van der Waals surface area (Å²) in [6.45, 7) is 1.09. The zero-order valence-electron chi connectivity index (χ0n) is 3.83. The molecule has 0 atom stereocenters. The van der Waals surface area contributed by atoms with E-state index >= 15 is 0 Å². The van der Waals surface area contributed by atoms with Crippen molar-refractivity contribution in [2.45, 2.75) is 6.42 Å². The SMILES string of the molecule is ON1CCCOO1. The first-order valence-corrected chi connectivity index (χ1v) is 2.15. The van der Waals surface area contributed by atoms with Crippen LogP contribution in [-0.4, -0.2) is 23.6 Å². The summed E-state index contributed by atoms with van der Waals surface area (Å²) in [5, 5.41) is 9.07. The molecule has 0 spiro atoms. The molecule has 0 aliphatic carbocycles. The molecule has 1 saturated heterocycles. The van der Waals surface area contributed by atoms with Gasteiger partial charge in [-0.25, -0.2) is 4.89 Å². The Morgan fingerprint density at radius 2 is 2.43 bits per heavy atom. The van der Waals surface area contributed by atoms with Gasteiger partial charge in [0.2, 0.25) is 0 Å². The van der Waals surface area contributed by atoms with E-state index in [1.807, 2.05) is 0 Å². The van der Waals surface area contributed by atoms with Gasteiger partial charge in [0.25, 0.3) is 0 Å². The van der Waals surface area contributed by atoms with Crippen LogP contribution in [0.15, 0.2) is 0 Å². The van der Waals surface area contributed by atoms with Crippen LogP contribution < -0.4 is 0 Å². The van der Waals surface area contributed by atoms with E-state index in [2.05, 4.69) is 9.88 Å². The smallest absolute Gasteiger partial charge is 0.0857 e. The van der Waals surface area contributed by atoms with Crippen LogP contribution in [0, 0.1) is 0 Å². The highest BCUT2D eigenvalue weighted by atomic mass is 17.3. The third-order valence-corrected chi connectivity index (χ3v) is 0.716. The van der Waals surface area contributed by atoms with Gasteiger partial charge in [-0.15, -0.1) is 4.99 Å². The summed E-state index contributed by atoms with van der Waals surface area (Å²) in [6.07, 6.45) is 0.816. The lowest BCUT2D eigenvalue weighted by Crippen LogP contribution is -2.27. The zero-order chi connectivity index (χ0) is 5.11. The van der Waals surface area contributed by atoms with Crippen LogP contribution in [0.3, 0.4) is 0 Å². The molecule has 0 aromatic carbocycles. The quantitative estimate of drug-likeness (QED) is 0.438. The molecule has 0 saturated carbocycles. The number of hydrogen-bond donors (Lipinski definition) is 1. The van der Waals surface area contributed by atoms with Crippen LogP contribution in [0.5, 0.6) is 0 Å². The highest BCUT2D eigenvalue weighted by Gasteiger charge is 2.06. The first-order chi connectivity index (χ1) is 3.39. The second-order valence-electron chi connectivity index (χ2n) is 1.33. The van der Waals surface area contributed by atoms with E-state index in [-0.39, 0.29) is 0 Å². The fraction of sp³-hybridized carbons (Fsp3) is 1.00. The van der Waals surface area contributed by atoms with E-state index < -0.39 is 0 Å². The Morgan fingerprint density at radius 1 is 1.57 bits per heavy atom. The summed E-state index contributed by atoms with van der Waals surface area (Å²) in [5.74, 6) is 0. The van der Waals surface area contributed by atoms with Gasteiger partial charge in [0.1, 0.15) is 0 Å². The minimum Gasteiger partial charge on any atom is -0.287 e. The molecule has 7 heavy (non-hydrogen) atoms. The monoisotopic (exact) mass is 105 g/mol. The maximum atomic E-state index is 8.40. The van der Waals surface area contributed by atoms with Crippen LogP contribution in [0.25, 0.3) is 0 Å². The molecule has 4 heteroatoms. The fourth-order valence-corrected chi connectivity index (χ4v) is 0.394. The van der Waals surface area contributed by atoms with Gasteiger partial charge in [0.15, 0.2) is 0 Å². The number of rotatable bonds is 0. The highest BCUT2D eigenvalue weighted by molar-refractivity contribution is 4.34. The molecule has 42 valence electrons. The van der Waals surface area contributed by atoms with Gasteiger partial charge in [-0.1, -0.05) is 0 Å². The van der Waals surface area contributed by atoms with Crippen LogP contribution in [0.4, 0.5) is 0 Å². The van der Waals surface area contributed by atoms with E-state index in [1.165, 1.54) is 0 Å². The summed E-state index contributed by atoms with van der Waals surface area (Å²) >= 11 is 0. The van der Waals surface area contributed by atoms with Crippen LogP contribution in [0.1, 0.15) is 6.42 Å². The lowest BCUT2D eigenvalue weighted by molar-refractivity contribution is -0.528. The van der Waals surface area contributed by atoms with Crippen molar-refractivity contribution >= 4 is 0 Å². The Balaban J connectivity index is 2.12. The molecule has 1 rings (SSSR count). The first-order valence-electron chi connectivity index (χ1n) is 2.15. The van der Waals surface area contributed by atoms with Crippen LogP contribution >= 0.6 is 0 Å². The lowest BCUT2D eigenvalue weighted by atomic mass is 10.5. The molecule has 1 heterocycles. The van der Waals surface area contributed by atoms with Crippen molar-refractivity contribution in [1.82, 2.24) is 5.23 Å². The summed E-state index contributed by atoms with van der Waals surface area (Å²) < 4.78 is 0. The molecule has 0 amide bonds. The van der Waals surface area contributed by atoms with Crippen molar-refractivity contribution in [3.8, 4) is 0 Å². The van der Waals surface area contributed by atoms with Crippen molar-refractivity contribution in [1.29, 1.82) is 0 Å². The molecule has 0 unspecified atom stereocenters. The van der Waals surface area contributed by atoms with Crippen LogP contribution in [0.2, 0.25) is 0 Å². The molecule has 1 aliphatic rings. The predicted octanol–water partition coefficient (Wildman–Crippen LogP) is -0.0555. The molecule has 1 aliphatic heterocycles. The van der Waals surface area contributed by atoms with Crippen molar-refractivity contribution < 1.29 is 15.1 Å². The molecular formula is C3H7NO3. The second-order valence-corrected chi connectivity index (χ2v) is 1.33. The minimum absolute atomic E-state index is 0.528. The first kappa shape index (κ1) is 4.99. The van der Waals surface area contributed by atoms with Crippen molar-refractivity contribution in [2.24, 2.45) is 0 Å². The maximum absolute atomic E-state index is 8.40. The molecule has 4 nitrogen and oxygen atoms in total. The van der Waals surface area contributed by atoms with Gasteiger partial charge in [-0.2, -0.15) is 0 Å². The molecule has 0 bridgehead atoms. The minimum atomic E-state index is 0.528. The molecule has 0 radical (unpaired) electrons. The lowest BCUT2D eigenvalue weighted by Gasteiger charge is -2.16. The summed E-state index contributed by atoms with van der Waals surface area (Å²) in [5.41, 5.74) is 0. The van der Waals surface area contributed by atoms with Gasteiger partial charge in [0, 0.05) is 0 Å². The van der Waals surface area contributed by atoms with Crippen molar-refractivity contribution in [2.75, 3.05) is 13.2 Å². The Bertz CT molecular complexity index is 52.1. The Kier molecular flexibility index (Phi) is 1.59. The largest absolute Gasteiger partial charge is 0.287 e. The third kappa shape index (κ3) is 1.40. The van der Waals surface area contributed by atoms with Crippen LogP contribution in [-0.2, 0) is 9.88 Å². The third-order valence-electron chi connectivity index (χ3n) is 0.716. The van der Waals surface area contributed by atoms with Gasteiger partial charge in [0.05, 0.1) is 13.2 Å². The van der Waals surface area contributed by atoms with Gasteiger partial charge >= 0.3 is 0 Å². The van der Waals surface area contributed by atoms with Gasteiger partial charge < -0.3 is 0 Å². The summed E-state index contributed by atoms with van der Waals surface area (Å²) in [6, 6.07) is 0. The number of hydrogen-bond acceptors (Lipinski definition) is 4. The molecule has 0 aromatic heterocycles. The van der Waals surface area contributed by atoms with E-state index in [9.17, 15) is 0 Å². The normalized spacial score (nSPS) is 25.3. The van der Waals surface area contributed by atoms with E-state index in [0.717, 1.165) is 6.42 Å². The summed E-state index contributed by atoms with van der Waals surface area (Å²) in [4.78, 5) is 8.52. The van der Waals surface area contributed by atoms with E-state index in [0.29, 0.717) is 18.4 Å². The standard InChI is InChI=1S/C3H7NO3/c5-4-2-1-3-6-7-4/h5H,1-3H2. The second kappa shape index (κ2) is 2.23. The van der Waals surface area contributed by atoms with Crippen molar-refractivity contribution in [3.05, 3.63) is 0 Å². The summed E-state index contributed by atoms with van der Waals surface area (Å²) in [7, 11) is 0. The average molecular weight is 105 g/mol. The Labute approximate surface area is 41.1 Å². The zero-order valence-corrected chi connectivity index (χ0v) is 3.83. The highest BCUT2D eigenvalue weighted by Crippen LogP contribution is 1.96. The molecule has 1 fully saturated rings. The maximum Gasteiger partial charge on any atom is 0.0857 e. The molecular weight excluding hydrogens is 98.0 g/mol. The number of nitrogens with zero attached hydrogens (tertiary/aromatic N) is 1. The fourth-order valence-electron chi connectivity index (χ4n) is 0.394. The predicted molar refractivity (Wildman–Crippen MR) is 20.1 cm³/mol. The van der Waals surface area contributed by atoms with Gasteiger partial charge in [-0.3, -0.25) is 5.21 Å². The number of hydroxylamine groups is 2. The van der Waals surface area contributed by atoms with Crippen molar-refractivity contribution in [3.63, 3.8) is 0 Å². The topological polar surface area (TPSA) is 41.9 Å². The van der Waals surface area contributed by atoms with E-state index in [1.54, 1.807) is 0 Å². The molecule has 1 N–H and O–H groups in total.